The highest BCUT2D eigenvalue weighted by Crippen LogP contribution is 2.41. The van der Waals surface area contributed by atoms with Gasteiger partial charge in [-0.1, -0.05) is 38.1 Å². The molecule has 0 saturated heterocycles. The number of sulfonamides is 1. The summed E-state index contributed by atoms with van der Waals surface area (Å²) in [4.78, 5) is 15.5. The second kappa shape index (κ2) is 10.2. The maximum atomic E-state index is 13.7. The molecule has 2 heterocycles. The Morgan fingerprint density at radius 2 is 1.88 bits per heavy atom. The van der Waals surface area contributed by atoms with Crippen LogP contribution in [0.1, 0.15) is 49.4 Å². The van der Waals surface area contributed by atoms with Gasteiger partial charge >= 0.3 is 5.97 Å². The van der Waals surface area contributed by atoms with Gasteiger partial charge in [0.25, 0.3) is 0 Å². The molecule has 10 heteroatoms. The molecule has 0 amide bonds. The number of carboxylic acids is 1. The third kappa shape index (κ3) is 5.63. The van der Waals surface area contributed by atoms with Gasteiger partial charge < -0.3 is 15.3 Å². The SMILES string of the molecule is CC(C)c1nc2c(c(-c3ccc(F)cc3)c1/C=C/[C@@H](O)C[C@@H](O)CC(=O)O)CCS(=O)(=O)N2C. The van der Waals surface area contributed by atoms with Gasteiger partial charge in [-0.25, -0.2) is 17.8 Å². The lowest BCUT2D eigenvalue weighted by molar-refractivity contribution is -0.139. The van der Waals surface area contributed by atoms with Crippen molar-refractivity contribution in [1.82, 2.24) is 4.98 Å². The average Bonchev–Trinajstić information content (AvgIpc) is 2.74. The number of pyridine rings is 1. The third-order valence-corrected chi connectivity index (χ3v) is 7.48. The maximum absolute atomic E-state index is 13.7. The highest BCUT2D eigenvalue weighted by Gasteiger charge is 2.32. The normalized spacial score (nSPS) is 17.1. The molecule has 1 aromatic heterocycles. The molecule has 1 aliphatic heterocycles. The smallest absolute Gasteiger partial charge is 0.305 e. The minimum Gasteiger partial charge on any atom is -0.481 e. The lowest BCUT2D eigenvalue weighted by Crippen LogP contribution is -2.36. The van der Waals surface area contributed by atoms with Crippen LogP contribution in [-0.4, -0.2) is 59.7 Å². The van der Waals surface area contributed by atoms with Gasteiger partial charge in [0.1, 0.15) is 11.6 Å². The van der Waals surface area contributed by atoms with Crippen LogP contribution in [0.25, 0.3) is 17.2 Å². The van der Waals surface area contributed by atoms with E-state index in [1.54, 1.807) is 18.2 Å². The zero-order chi connectivity index (χ0) is 25.2. The number of carboxylic acid groups (broad SMARTS) is 1. The number of carbonyl (C=O) groups is 1. The van der Waals surface area contributed by atoms with Crippen molar-refractivity contribution in [3.63, 3.8) is 0 Å². The summed E-state index contributed by atoms with van der Waals surface area (Å²) in [6.45, 7) is 3.82. The molecule has 2 atom stereocenters. The van der Waals surface area contributed by atoms with Gasteiger partial charge in [0.05, 0.1) is 30.1 Å². The van der Waals surface area contributed by atoms with Crippen molar-refractivity contribution in [2.75, 3.05) is 17.1 Å². The van der Waals surface area contributed by atoms with E-state index in [1.807, 2.05) is 13.8 Å². The first-order valence-corrected chi connectivity index (χ1v) is 12.6. The first-order valence-electron chi connectivity index (χ1n) is 11.0. The fraction of sp³-hybridized carbons (Fsp3) is 0.417. The van der Waals surface area contributed by atoms with E-state index >= 15 is 0 Å². The predicted molar refractivity (Wildman–Crippen MR) is 128 cm³/mol. The summed E-state index contributed by atoms with van der Waals surface area (Å²) in [5, 5.41) is 29.0. The van der Waals surface area contributed by atoms with Gasteiger partial charge in [0, 0.05) is 24.6 Å². The van der Waals surface area contributed by atoms with E-state index in [2.05, 4.69) is 4.98 Å². The van der Waals surface area contributed by atoms with Crippen LogP contribution in [0.2, 0.25) is 0 Å². The Kier molecular flexibility index (Phi) is 7.74. The maximum Gasteiger partial charge on any atom is 0.305 e. The number of anilines is 1. The summed E-state index contributed by atoms with van der Waals surface area (Å²) in [6.07, 6.45) is 0.364. The lowest BCUT2D eigenvalue weighted by atomic mass is 9.89. The zero-order valence-electron chi connectivity index (χ0n) is 19.3. The minimum atomic E-state index is -3.51. The summed E-state index contributed by atoms with van der Waals surface area (Å²) in [5.74, 6) is -1.46. The van der Waals surface area contributed by atoms with Crippen LogP contribution < -0.4 is 4.31 Å². The summed E-state index contributed by atoms with van der Waals surface area (Å²) >= 11 is 0. The van der Waals surface area contributed by atoms with E-state index in [4.69, 9.17) is 5.11 Å². The number of aliphatic hydroxyl groups is 2. The van der Waals surface area contributed by atoms with Crippen molar-refractivity contribution >= 4 is 27.9 Å². The summed E-state index contributed by atoms with van der Waals surface area (Å²) in [5.41, 5.74) is 3.32. The molecule has 1 aromatic carbocycles. The number of benzene rings is 1. The Labute approximate surface area is 198 Å². The number of aliphatic carboxylic acids is 1. The fourth-order valence-electron chi connectivity index (χ4n) is 4.05. The van der Waals surface area contributed by atoms with Gasteiger partial charge in [-0.15, -0.1) is 0 Å². The van der Waals surface area contributed by atoms with Crippen molar-refractivity contribution in [1.29, 1.82) is 0 Å². The first-order chi connectivity index (χ1) is 15.9. The highest BCUT2D eigenvalue weighted by atomic mass is 32.2. The molecular weight excluding hydrogens is 463 g/mol. The molecule has 0 unspecified atom stereocenters. The van der Waals surface area contributed by atoms with Crippen molar-refractivity contribution in [2.45, 2.75) is 51.2 Å². The number of rotatable bonds is 8. The molecule has 1 aliphatic rings. The van der Waals surface area contributed by atoms with E-state index in [-0.39, 0.29) is 24.5 Å². The van der Waals surface area contributed by atoms with Crippen molar-refractivity contribution in [3.8, 4) is 11.1 Å². The number of fused-ring (bicyclic) bond motifs is 1. The first kappa shape index (κ1) is 25.8. The monoisotopic (exact) mass is 492 g/mol. The topological polar surface area (TPSA) is 128 Å². The standard InChI is InChI=1S/C24H29FN2O6S/c1-14(2)23-19(9-8-17(28)12-18(29)13-21(30)31)22(15-4-6-16(25)7-5-15)20-10-11-34(32,33)27(3)24(20)26-23/h4-9,14,17-18,28-29H,10-13H2,1-3H3,(H,30,31)/b9-8+/t17-,18-/m1/s1. The van der Waals surface area contributed by atoms with Crippen LogP contribution in [0.4, 0.5) is 10.2 Å². The molecule has 0 saturated carbocycles. The molecule has 34 heavy (non-hydrogen) atoms. The second-order valence-corrected chi connectivity index (χ2v) is 10.8. The Balaban J connectivity index is 2.18. The van der Waals surface area contributed by atoms with E-state index in [0.29, 0.717) is 33.8 Å². The van der Waals surface area contributed by atoms with Gasteiger partial charge in [0.15, 0.2) is 0 Å². The molecule has 3 rings (SSSR count). The number of hydrogen-bond donors (Lipinski definition) is 3. The van der Waals surface area contributed by atoms with Crippen molar-refractivity contribution in [2.24, 2.45) is 0 Å². The quantitative estimate of drug-likeness (QED) is 0.517. The number of aliphatic hydroxyl groups excluding tert-OH is 2. The Morgan fingerprint density at radius 3 is 2.47 bits per heavy atom. The molecule has 0 aliphatic carbocycles. The van der Waals surface area contributed by atoms with Crippen LogP contribution in [-0.2, 0) is 21.2 Å². The molecule has 0 radical (unpaired) electrons. The average molecular weight is 493 g/mol. The van der Waals surface area contributed by atoms with Crippen LogP contribution in [0.3, 0.4) is 0 Å². The van der Waals surface area contributed by atoms with Gasteiger partial charge in [-0.3, -0.25) is 9.10 Å². The number of nitrogens with zero attached hydrogens (tertiary/aromatic N) is 2. The Morgan fingerprint density at radius 1 is 1.24 bits per heavy atom. The van der Waals surface area contributed by atoms with E-state index in [0.717, 1.165) is 0 Å². The molecule has 3 N–H and O–H groups in total. The third-order valence-electron chi connectivity index (χ3n) is 5.76. The number of halogens is 1. The lowest BCUT2D eigenvalue weighted by Gasteiger charge is -2.30. The zero-order valence-corrected chi connectivity index (χ0v) is 20.1. The molecule has 2 aromatic rings. The fourth-order valence-corrected chi connectivity index (χ4v) is 5.20. The largest absolute Gasteiger partial charge is 0.481 e. The van der Waals surface area contributed by atoms with Crippen molar-refractivity contribution < 1.29 is 32.9 Å². The van der Waals surface area contributed by atoms with E-state index < -0.39 is 40.4 Å². The molecule has 0 fully saturated rings. The summed E-state index contributed by atoms with van der Waals surface area (Å²) in [7, 11) is -2.05. The Hall–Kier alpha value is -2.82. The number of hydrogen-bond acceptors (Lipinski definition) is 6. The minimum absolute atomic E-state index is 0.0967. The summed E-state index contributed by atoms with van der Waals surface area (Å²) < 4.78 is 39.9. The predicted octanol–water partition coefficient (Wildman–Crippen LogP) is 2.93. The molecular formula is C24H29FN2O6S. The van der Waals surface area contributed by atoms with Gasteiger partial charge in [0.2, 0.25) is 10.0 Å². The molecule has 0 bridgehead atoms. The number of aromatic nitrogens is 1. The summed E-state index contributed by atoms with van der Waals surface area (Å²) in [6, 6.07) is 5.88. The van der Waals surface area contributed by atoms with Gasteiger partial charge in [-0.05, 0) is 35.6 Å². The second-order valence-electron chi connectivity index (χ2n) is 8.70. The van der Waals surface area contributed by atoms with Crippen LogP contribution in [0.5, 0.6) is 0 Å². The van der Waals surface area contributed by atoms with Gasteiger partial charge in [-0.2, -0.15) is 0 Å². The van der Waals surface area contributed by atoms with Crippen molar-refractivity contribution in [3.05, 3.63) is 53.0 Å². The Bertz CT molecular complexity index is 1190. The molecule has 8 nitrogen and oxygen atoms in total. The van der Waals surface area contributed by atoms with Crippen LogP contribution >= 0.6 is 0 Å². The van der Waals surface area contributed by atoms with E-state index in [1.165, 1.54) is 29.6 Å². The van der Waals surface area contributed by atoms with Crippen LogP contribution in [0.15, 0.2) is 30.3 Å². The highest BCUT2D eigenvalue weighted by molar-refractivity contribution is 7.92. The molecule has 184 valence electrons. The molecule has 0 spiro atoms. The van der Waals surface area contributed by atoms with Crippen LogP contribution in [0, 0.1) is 5.82 Å². The van der Waals surface area contributed by atoms with E-state index in [9.17, 15) is 27.8 Å².